The molecule has 0 spiro atoms. The third-order valence-corrected chi connectivity index (χ3v) is 7.24. The Bertz CT molecular complexity index is 1310. The van der Waals surface area contributed by atoms with Gasteiger partial charge >= 0.3 is 0 Å². The lowest BCUT2D eigenvalue weighted by atomic mass is 9.95. The molecule has 0 saturated carbocycles. The van der Waals surface area contributed by atoms with Crippen LogP contribution in [0.2, 0.25) is 0 Å². The number of carbonyl (C=O) groups is 1. The predicted octanol–water partition coefficient (Wildman–Crippen LogP) is 5.43. The average molecular weight is 576 g/mol. The number of primary amides is 1. The molecule has 2 heterocycles. The van der Waals surface area contributed by atoms with Gasteiger partial charge in [0.15, 0.2) is 11.5 Å². The fraction of sp³-hybridized carbons (Fsp3) is 0.320. The molecule has 1 amide bonds. The highest BCUT2D eigenvalue weighted by molar-refractivity contribution is 9.10. The van der Waals surface area contributed by atoms with E-state index in [1.807, 2.05) is 6.07 Å². The number of hydrogen-bond donors (Lipinski definition) is 2. The smallest absolute Gasteiger partial charge is 0.248 e. The third kappa shape index (κ3) is 5.36. The normalized spacial score (nSPS) is 14.9. The molecule has 0 bridgehead atoms. The maximum atomic E-state index is 14.1. The molecule has 11 heteroatoms. The first-order valence-electron chi connectivity index (χ1n) is 11.4. The summed E-state index contributed by atoms with van der Waals surface area (Å²) in [7, 11) is 1.52. The van der Waals surface area contributed by atoms with Crippen molar-refractivity contribution in [3.8, 4) is 11.5 Å². The summed E-state index contributed by atoms with van der Waals surface area (Å²) in [5, 5.41) is 8.44. The number of nitrogens with one attached hydrogen (secondary N) is 1. The number of anilines is 1. The summed E-state index contributed by atoms with van der Waals surface area (Å²) in [5.74, 6) is 1.33. The van der Waals surface area contributed by atoms with Gasteiger partial charge in [0.25, 0.3) is 0 Å². The van der Waals surface area contributed by atoms with Gasteiger partial charge in [0, 0.05) is 17.0 Å². The van der Waals surface area contributed by atoms with E-state index >= 15 is 0 Å². The minimum absolute atomic E-state index is 0.0193. The number of methoxy groups -OCH3 is 1. The zero-order valence-electron chi connectivity index (χ0n) is 20.2. The van der Waals surface area contributed by atoms with Crippen molar-refractivity contribution in [2.75, 3.05) is 18.2 Å². The first kappa shape index (κ1) is 26.0. The van der Waals surface area contributed by atoms with Gasteiger partial charge in [-0.1, -0.05) is 43.3 Å². The van der Waals surface area contributed by atoms with Crippen LogP contribution in [-0.4, -0.2) is 33.5 Å². The highest BCUT2D eigenvalue weighted by atomic mass is 79.9. The highest BCUT2D eigenvalue weighted by Crippen LogP contribution is 2.43. The molecule has 1 unspecified atom stereocenters. The zero-order chi connectivity index (χ0) is 25.8. The molecule has 0 fully saturated rings. The summed E-state index contributed by atoms with van der Waals surface area (Å²) in [4.78, 5) is 17.1. The first-order chi connectivity index (χ1) is 17.3. The molecule has 3 N–H and O–H groups in total. The first-order valence-corrected chi connectivity index (χ1v) is 13.2. The van der Waals surface area contributed by atoms with Crippen molar-refractivity contribution in [2.24, 2.45) is 5.73 Å². The Morgan fingerprint density at radius 1 is 1.33 bits per heavy atom. The summed E-state index contributed by atoms with van der Waals surface area (Å²) in [6.07, 6.45) is 2.13. The Kier molecular flexibility index (Phi) is 8.20. The molecule has 4 rings (SSSR count). The maximum Gasteiger partial charge on any atom is 0.248 e. The van der Waals surface area contributed by atoms with Gasteiger partial charge in [-0.15, -0.1) is 5.10 Å². The van der Waals surface area contributed by atoms with Crippen LogP contribution in [0.15, 0.2) is 57.3 Å². The number of rotatable bonds is 10. The molecule has 1 atom stereocenters. The zero-order valence-corrected chi connectivity index (χ0v) is 22.6. The van der Waals surface area contributed by atoms with Gasteiger partial charge in [-0.3, -0.25) is 4.79 Å². The van der Waals surface area contributed by atoms with E-state index in [2.05, 4.69) is 38.3 Å². The second-order valence-corrected chi connectivity index (χ2v) is 10.1. The summed E-state index contributed by atoms with van der Waals surface area (Å²) >= 11 is 5.12. The molecule has 3 aromatic rings. The van der Waals surface area contributed by atoms with E-state index in [0.717, 1.165) is 18.6 Å². The minimum atomic E-state index is -0.627. The van der Waals surface area contributed by atoms with Crippen LogP contribution >= 0.6 is 27.7 Å². The Morgan fingerprint density at radius 2 is 2.11 bits per heavy atom. The quantitative estimate of drug-likeness (QED) is 0.245. The lowest BCUT2D eigenvalue weighted by Crippen LogP contribution is -2.31. The highest BCUT2D eigenvalue weighted by Gasteiger charge is 2.34. The Labute approximate surface area is 221 Å². The van der Waals surface area contributed by atoms with Gasteiger partial charge in [-0.05, 0) is 53.0 Å². The van der Waals surface area contributed by atoms with Gasteiger partial charge in [-0.25, -0.2) is 9.07 Å². The van der Waals surface area contributed by atoms with Gasteiger partial charge in [0.05, 0.1) is 17.2 Å². The van der Waals surface area contributed by atoms with E-state index in [1.165, 1.54) is 13.2 Å². The van der Waals surface area contributed by atoms with Crippen molar-refractivity contribution in [3.63, 3.8) is 0 Å². The number of benzene rings is 2. The largest absolute Gasteiger partial charge is 0.493 e. The number of carbonyl (C=O) groups excluding carboxylic acids is 1. The lowest BCUT2D eigenvalue weighted by Gasteiger charge is -2.28. The Morgan fingerprint density at radius 3 is 2.81 bits per heavy atom. The molecule has 190 valence electrons. The fourth-order valence-electron chi connectivity index (χ4n) is 3.93. The van der Waals surface area contributed by atoms with E-state index in [9.17, 15) is 9.18 Å². The number of allylic oxidation sites excluding steroid dienone is 1. The molecular weight excluding hydrogens is 549 g/mol. The van der Waals surface area contributed by atoms with E-state index in [0.29, 0.717) is 49.5 Å². The number of aromatic nitrogens is 3. The van der Waals surface area contributed by atoms with Crippen molar-refractivity contribution in [3.05, 3.63) is 69.1 Å². The molecule has 0 radical (unpaired) electrons. The maximum absolute atomic E-state index is 14.1. The SMILES string of the molecule is CCCCSc1nc2n(n1)C(c1cc(Br)c(OCc3ccccc3F)c(OC)c1)C(C(N)=O)=C(C)N2. The van der Waals surface area contributed by atoms with E-state index in [4.69, 9.17) is 15.2 Å². The van der Waals surface area contributed by atoms with Crippen molar-refractivity contribution in [2.45, 2.75) is 44.5 Å². The van der Waals surface area contributed by atoms with Crippen LogP contribution in [0, 0.1) is 5.82 Å². The van der Waals surface area contributed by atoms with Crippen LogP contribution in [0.4, 0.5) is 10.3 Å². The van der Waals surface area contributed by atoms with Crippen LogP contribution < -0.4 is 20.5 Å². The summed E-state index contributed by atoms with van der Waals surface area (Å²) in [5.41, 5.74) is 7.89. The number of fused-ring (bicyclic) bond motifs is 1. The van der Waals surface area contributed by atoms with Crippen molar-refractivity contribution in [1.29, 1.82) is 0 Å². The molecule has 0 saturated heterocycles. The Balaban J connectivity index is 1.72. The number of amides is 1. The summed E-state index contributed by atoms with van der Waals surface area (Å²) in [6.45, 7) is 3.93. The molecule has 2 aromatic carbocycles. The topological polar surface area (TPSA) is 104 Å². The van der Waals surface area contributed by atoms with Crippen LogP contribution in [0.3, 0.4) is 0 Å². The molecule has 0 aliphatic carbocycles. The van der Waals surface area contributed by atoms with Crippen LogP contribution in [0.25, 0.3) is 0 Å². The monoisotopic (exact) mass is 575 g/mol. The van der Waals surface area contributed by atoms with Crippen molar-refractivity contribution < 1.29 is 18.7 Å². The molecule has 1 aliphatic rings. The second-order valence-electron chi connectivity index (χ2n) is 8.21. The summed E-state index contributed by atoms with van der Waals surface area (Å²) in [6, 6.07) is 9.38. The number of halogens is 2. The average Bonchev–Trinajstić information content (AvgIpc) is 3.25. The number of ether oxygens (including phenoxy) is 2. The van der Waals surface area contributed by atoms with Crippen LogP contribution in [0.1, 0.15) is 43.9 Å². The number of nitrogens with zero attached hydrogens (tertiary/aromatic N) is 3. The van der Waals surface area contributed by atoms with Gasteiger partial charge < -0.3 is 20.5 Å². The van der Waals surface area contributed by atoms with E-state index in [1.54, 1.807) is 47.6 Å². The molecule has 1 aromatic heterocycles. The molecule has 8 nitrogen and oxygen atoms in total. The number of hydrogen-bond acceptors (Lipinski definition) is 7. The number of nitrogens with two attached hydrogens (primary N) is 1. The predicted molar refractivity (Wildman–Crippen MR) is 141 cm³/mol. The van der Waals surface area contributed by atoms with Gasteiger partial charge in [0.1, 0.15) is 18.5 Å². The molecule has 1 aliphatic heterocycles. The van der Waals surface area contributed by atoms with E-state index < -0.39 is 11.9 Å². The van der Waals surface area contributed by atoms with Crippen molar-refractivity contribution >= 4 is 39.5 Å². The van der Waals surface area contributed by atoms with E-state index in [-0.39, 0.29) is 12.4 Å². The number of thioether (sulfide) groups is 1. The third-order valence-electron chi connectivity index (χ3n) is 5.73. The van der Waals surface area contributed by atoms with Crippen molar-refractivity contribution in [1.82, 2.24) is 14.8 Å². The summed E-state index contributed by atoms with van der Waals surface area (Å²) < 4.78 is 27.9. The molecular formula is C25H27BrFN5O3S. The molecule has 36 heavy (non-hydrogen) atoms. The fourth-order valence-corrected chi connectivity index (χ4v) is 5.42. The van der Waals surface area contributed by atoms with Crippen LogP contribution in [-0.2, 0) is 11.4 Å². The Hall–Kier alpha value is -3.05. The van der Waals surface area contributed by atoms with Crippen LogP contribution in [0.5, 0.6) is 11.5 Å². The number of unbranched alkanes of at least 4 members (excludes halogenated alkanes) is 1. The standard InChI is InChI=1S/C25H27BrFN5O3S/c1-4-5-10-36-25-30-24-29-14(2)20(23(28)33)21(32(24)31-25)16-11-17(26)22(19(12-16)34-3)35-13-15-8-6-7-9-18(15)27/h6-9,11-12,21H,4-5,10,13H2,1-3H3,(H2,28,33)(H,29,30,31). The van der Waals surface area contributed by atoms with Gasteiger partial charge in [-0.2, -0.15) is 4.98 Å². The lowest BCUT2D eigenvalue weighted by molar-refractivity contribution is -0.115. The van der Waals surface area contributed by atoms with Gasteiger partial charge in [0.2, 0.25) is 17.0 Å². The second kappa shape index (κ2) is 11.3. The minimum Gasteiger partial charge on any atom is -0.493 e.